The molecule has 1 aromatic carbocycles. The Kier molecular flexibility index (Phi) is 9.70. The van der Waals surface area contributed by atoms with Crippen molar-refractivity contribution in [1.29, 1.82) is 0 Å². The van der Waals surface area contributed by atoms with Crippen LogP contribution >= 0.6 is 0 Å². The molecule has 0 amide bonds. The van der Waals surface area contributed by atoms with E-state index in [-0.39, 0.29) is 27.8 Å². The molecule has 1 aliphatic carbocycles. The first-order chi connectivity index (χ1) is 16.2. The number of rotatable bonds is 9. The summed E-state index contributed by atoms with van der Waals surface area (Å²) in [5.74, 6) is -0.121. The van der Waals surface area contributed by atoms with Gasteiger partial charge in [0.1, 0.15) is 5.69 Å². The number of anilines is 1. The van der Waals surface area contributed by atoms with E-state index in [2.05, 4.69) is 52.6 Å². The summed E-state index contributed by atoms with van der Waals surface area (Å²) in [5.41, 5.74) is 1.99. The number of ether oxygens (including phenoxy) is 1. The summed E-state index contributed by atoms with van der Waals surface area (Å²) in [7, 11) is -0.515. The van der Waals surface area contributed by atoms with Crippen LogP contribution < -0.4 is 4.90 Å². The first-order valence-corrected chi connectivity index (χ1v) is 15.6. The maximum Gasteiger partial charge on any atom is 0.330 e. The number of nitro groups is 1. The molecular formula is C27H44N2O5Si. The molecule has 1 aliphatic rings. The number of esters is 1. The number of hydrogen-bond donors (Lipinski definition) is 0. The van der Waals surface area contributed by atoms with E-state index >= 15 is 0 Å². The van der Waals surface area contributed by atoms with Crippen LogP contribution in [0.15, 0.2) is 24.3 Å². The van der Waals surface area contributed by atoms with Crippen LogP contribution in [-0.4, -0.2) is 45.0 Å². The molecule has 0 radical (unpaired) electrons. The Morgan fingerprint density at radius 1 is 1.23 bits per heavy atom. The van der Waals surface area contributed by atoms with Crippen molar-refractivity contribution in [2.24, 2.45) is 5.92 Å². The van der Waals surface area contributed by atoms with Gasteiger partial charge >= 0.3 is 5.97 Å². The first kappa shape index (κ1) is 29.0. The second-order valence-electron chi connectivity index (χ2n) is 11.7. The minimum absolute atomic E-state index is 0.0698. The van der Waals surface area contributed by atoms with Gasteiger partial charge < -0.3 is 14.1 Å². The number of carbonyl (C=O) groups excluding carboxylic acids is 1. The summed E-state index contributed by atoms with van der Waals surface area (Å²) in [4.78, 5) is 25.7. The van der Waals surface area contributed by atoms with Gasteiger partial charge in [-0.05, 0) is 73.9 Å². The van der Waals surface area contributed by atoms with Gasteiger partial charge in [-0.1, -0.05) is 40.7 Å². The standard InChI is InChI=1S/C27H44N2O5Si/c1-19(2)18-28(22-11-13-23(14-12-22)34-35(8,9)27(4,5)6)24-15-10-21(17-25(24)29(31)32)20(3)16-26(30)33-7/h10,15-17,19,22-23H,11-14,18H2,1-9H3/b20-16+. The Labute approximate surface area is 212 Å². The van der Waals surface area contributed by atoms with Crippen LogP contribution in [0.4, 0.5) is 11.4 Å². The zero-order chi connectivity index (χ0) is 26.6. The molecule has 196 valence electrons. The highest BCUT2D eigenvalue weighted by Crippen LogP contribution is 2.41. The Hall–Kier alpha value is -2.19. The van der Waals surface area contributed by atoms with E-state index in [1.54, 1.807) is 13.0 Å². The van der Waals surface area contributed by atoms with Crippen LogP contribution in [0.3, 0.4) is 0 Å². The zero-order valence-corrected chi connectivity index (χ0v) is 24.0. The molecule has 1 saturated carbocycles. The molecular weight excluding hydrogens is 460 g/mol. The molecule has 0 atom stereocenters. The van der Waals surface area contributed by atoms with E-state index in [0.29, 0.717) is 22.7 Å². The molecule has 0 aromatic heterocycles. The first-order valence-electron chi connectivity index (χ1n) is 12.7. The Morgan fingerprint density at radius 2 is 1.83 bits per heavy atom. The fourth-order valence-corrected chi connectivity index (χ4v) is 5.81. The van der Waals surface area contributed by atoms with Gasteiger partial charge in [-0.15, -0.1) is 0 Å². The van der Waals surface area contributed by atoms with Crippen LogP contribution in [0.2, 0.25) is 18.1 Å². The molecule has 7 nitrogen and oxygen atoms in total. The molecule has 0 heterocycles. The molecule has 0 spiro atoms. The monoisotopic (exact) mass is 504 g/mol. The highest BCUT2D eigenvalue weighted by Gasteiger charge is 2.40. The van der Waals surface area contributed by atoms with E-state index in [1.807, 2.05) is 12.1 Å². The van der Waals surface area contributed by atoms with Gasteiger partial charge in [0, 0.05) is 30.8 Å². The highest BCUT2D eigenvalue weighted by molar-refractivity contribution is 6.74. The highest BCUT2D eigenvalue weighted by atomic mass is 28.4. The number of nitro benzene ring substituents is 1. The smallest absolute Gasteiger partial charge is 0.330 e. The van der Waals surface area contributed by atoms with Crippen LogP contribution in [0, 0.1) is 16.0 Å². The molecule has 8 heteroatoms. The van der Waals surface area contributed by atoms with Crippen molar-refractivity contribution in [2.45, 2.75) is 97.5 Å². The lowest BCUT2D eigenvalue weighted by Crippen LogP contribution is -2.47. The van der Waals surface area contributed by atoms with Gasteiger partial charge in [0.15, 0.2) is 8.32 Å². The normalized spacial score (nSPS) is 19.5. The molecule has 2 rings (SSSR count). The van der Waals surface area contributed by atoms with Crippen LogP contribution in [0.25, 0.3) is 5.57 Å². The number of methoxy groups -OCH3 is 1. The van der Waals surface area contributed by atoms with E-state index in [0.717, 1.165) is 32.2 Å². The second-order valence-corrected chi connectivity index (χ2v) is 16.4. The van der Waals surface area contributed by atoms with Crippen LogP contribution in [0.1, 0.15) is 72.8 Å². The van der Waals surface area contributed by atoms with E-state index in [4.69, 9.17) is 9.16 Å². The number of carbonyl (C=O) groups is 1. The average molecular weight is 505 g/mol. The summed E-state index contributed by atoms with van der Waals surface area (Å²) in [6.45, 7) is 18.2. The average Bonchev–Trinajstić information content (AvgIpc) is 2.76. The predicted molar refractivity (Wildman–Crippen MR) is 145 cm³/mol. The summed E-state index contributed by atoms with van der Waals surface area (Å²) in [6, 6.07) is 5.50. The molecule has 0 bridgehead atoms. The molecule has 1 fully saturated rings. The third-order valence-corrected chi connectivity index (χ3v) is 11.9. The van der Waals surface area contributed by atoms with Gasteiger partial charge in [-0.3, -0.25) is 10.1 Å². The van der Waals surface area contributed by atoms with Gasteiger partial charge in [-0.25, -0.2) is 4.79 Å². The van der Waals surface area contributed by atoms with Gasteiger partial charge in [0.05, 0.1) is 12.0 Å². The fourth-order valence-electron chi connectivity index (χ4n) is 4.38. The van der Waals surface area contributed by atoms with Gasteiger partial charge in [-0.2, -0.15) is 0 Å². The Morgan fingerprint density at radius 3 is 2.31 bits per heavy atom. The quantitative estimate of drug-likeness (QED) is 0.119. The lowest BCUT2D eigenvalue weighted by atomic mass is 9.90. The minimum atomic E-state index is -1.83. The molecule has 0 N–H and O–H groups in total. The molecule has 35 heavy (non-hydrogen) atoms. The Balaban J connectivity index is 2.30. The number of nitrogens with zero attached hydrogens (tertiary/aromatic N) is 2. The van der Waals surface area contributed by atoms with Crippen molar-refractivity contribution in [3.63, 3.8) is 0 Å². The van der Waals surface area contributed by atoms with Crippen molar-refractivity contribution in [3.8, 4) is 0 Å². The number of hydrogen-bond acceptors (Lipinski definition) is 6. The molecule has 0 aliphatic heterocycles. The molecule has 1 aromatic rings. The van der Waals surface area contributed by atoms with Crippen molar-refractivity contribution in [2.75, 3.05) is 18.6 Å². The lowest BCUT2D eigenvalue weighted by molar-refractivity contribution is -0.384. The maximum atomic E-state index is 12.1. The largest absolute Gasteiger partial charge is 0.466 e. The fraction of sp³-hybridized carbons (Fsp3) is 0.667. The SMILES string of the molecule is COC(=O)/C=C(\C)c1ccc(N(CC(C)C)C2CCC(O[Si](C)(C)C(C)(C)C)CC2)c([N+](=O)[O-])c1. The lowest BCUT2D eigenvalue weighted by Gasteiger charge is -2.43. The van der Waals surface area contributed by atoms with Gasteiger partial charge in [0.25, 0.3) is 5.69 Å². The number of benzene rings is 1. The number of allylic oxidation sites excluding steroid dienone is 1. The van der Waals surface area contributed by atoms with E-state index < -0.39 is 14.3 Å². The van der Waals surface area contributed by atoms with Crippen molar-refractivity contribution < 1.29 is 18.9 Å². The van der Waals surface area contributed by atoms with Crippen molar-refractivity contribution in [1.82, 2.24) is 0 Å². The third kappa shape index (κ3) is 7.64. The van der Waals surface area contributed by atoms with Crippen molar-refractivity contribution in [3.05, 3.63) is 40.0 Å². The maximum absolute atomic E-state index is 12.1. The summed E-state index contributed by atoms with van der Waals surface area (Å²) >= 11 is 0. The van der Waals surface area contributed by atoms with Gasteiger partial charge in [0.2, 0.25) is 0 Å². The zero-order valence-electron chi connectivity index (χ0n) is 23.0. The molecule has 0 saturated heterocycles. The van der Waals surface area contributed by atoms with E-state index in [9.17, 15) is 14.9 Å². The topological polar surface area (TPSA) is 81.9 Å². The van der Waals surface area contributed by atoms with Crippen molar-refractivity contribution >= 4 is 31.2 Å². The third-order valence-electron chi connectivity index (χ3n) is 7.39. The van der Waals surface area contributed by atoms with E-state index in [1.165, 1.54) is 13.2 Å². The predicted octanol–water partition coefficient (Wildman–Crippen LogP) is 6.97. The van der Waals surface area contributed by atoms with Crippen LogP contribution in [0.5, 0.6) is 0 Å². The summed E-state index contributed by atoms with van der Waals surface area (Å²) < 4.78 is 11.4. The minimum Gasteiger partial charge on any atom is -0.466 e. The van der Waals surface area contributed by atoms with Crippen LogP contribution in [-0.2, 0) is 14.0 Å². The summed E-state index contributed by atoms with van der Waals surface area (Å²) in [5, 5.41) is 12.3. The molecule has 0 unspecified atom stereocenters. The second kappa shape index (κ2) is 11.7. The summed E-state index contributed by atoms with van der Waals surface area (Å²) in [6.07, 6.45) is 5.46. The Bertz CT molecular complexity index is 928.